The number of amides is 8. The van der Waals surface area contributed by atoms with E-state index in [-0.39, 0.29) is 108 Å². The number of nitrogens with one attached hydrogen (secondary N) is 4. The summed E-state index contributed by atoms with van der Waals surface area (Å²) in [5.74, 6) is -1.45. The molecule has 0 spiro atoms. The number of urea groups is 4. The third kappa shape index (κ3) is 22.1. The molecule has 18 heterocycles. The van der Waals surface area contributed by atoms with Crippen LogP contribution in [0.5, 0.6) is 23.1 Å². The van der Waals surface area contributed by atoms with Gasteiger partial charge in [-0.25, -0.2) is 64.0 Å². The minimum atomic E-state index is -4.71. The Hall–Kier alpha value is -13.5. The van der Waals surface area contributed by atoms with Crippen molar-refractivity contribution in [1.29, 1.82) is 0 Å². The number of aliphatic hydroxyl groups is 4. The average Bonchev–Trinajstić information content (AvgIpc) is 1.66. The Morgan fingerprint density at radius 2 is 0.904 bits per heavy atom. The number of carbonyl (C=O) groups is 8. The fraction of sp³-hybridized carbons (Fsp3) is 0.472. The monoisotopic (exact) mass is 1890 g/mol. The number of carbonyl (C=O) groups excluding carboxylic acids is 8. The molecule has 716 valence electrons. The van der Waals surface area contributed by atoms with Crippen LogP contribution in [0.4, 0.5) is 128 Å². The number of anilines is 12. The van der Waals surface area contributed by atoms with Gasteiger partial charge in [0.25, 0.3) is 0 Å². The Morgan fingerprint density at radius 1 is 0.481 bits per heavy atom. The third-order valence-electron chi connectivity index (χ3n) is 24.7. The van der Waals surface area contributed by atoms with Crippen LogP contribution in [0.2, 0.25) is 0 Å². The van der Waals surface area contributed by atoms with E-state index in [4.69, 9.17) is 34.3 Å². The quantitative estimate of drug-likeness (QED) is 0.0206. The summed E-state index contributed by atoms with van der Waals surface area (Å²) in [5, 5.41) is 47.3. The first-order chi connectivity index (χ1) is 64.7. The van der Waals surface area contributed by atoms with Crippen molar-refractivity contribution in [2.45, 2.75) is 152 Å². The lowest BCUT2D eigenvalue weighted by Crippen LogP contribution is -2.48. The van der Waals surface area contributed by atoms with E-state index in [0.29, 0.717) is 136 Å². The number of nitrogens with zero attached hydrogens (tertiary/aromatic N) is 17. The molecule has 19 rings (SSSR count). The fourth-order valence-electron chi connectivity index (χ4n) is 17.5. The lowest BCUT2D eigenvalue weighted by atomic mass is 10.0. The predicted octanol–water partition coefficient (Wildman–Crippen LogP) is 11.6. The standard InChI is InChI=1S/C23H24F3N5O4.C23H25N5O3.C22H25F3N6O5.C21H22F3N5O4/c24-23(25,26)14(12-32)9-18(33)16-3-4-17-21(28-16)31(15-5-6-30(17)11-15)22(34)29-20-8-13-2-1-7-35-19(13)10-27-20;29-19(10-14-3-4-14)17-5-6-18-22(25-17)28(16-7-8-27(18)13-16)23(30)26-21-11-15-2-1-9-31-20(15)12-24-21;1-12(22(23,24)25)6-17(34)15-2-3-16-20(28-15)31(13-4-5-30(16)8-13)21(35)29-18-7-19(27-11-26-18)36-10-14(33)9-32;22-21(23,24)6-3-17(31)15-1-2-16-19(26-15)29(13-5-8-28(16)12-13)20(32)27-18-11-14(4-7-25-18)33-10-9-30/h3-4,8,10,14-15,32H,1-2,5-7,9,11-12H2,(H,27,29,34);5-6,11-12,14,16H,1-4,7-10,13H2,(H,24,26,30);2-3,7,11-14,32-33H,4-6,8-10H2,1H3,(H,26,27,29,35);1-2,4,7,11,13,30H,3,5-6,8-10,12H2,(H,25,27,32)/t14-,15+;16-;12-,13-,14-;13-/m1000/s1. The largest absolute Gasteiger partial charge is 0.492 e. The molecule has 8 aromatic heterocycles. The molecule has 8 bridgehead atoms. The summed E-state index contributed by atoms with van der Waals surface area (Å²) in [7, 11) is 0. The van der Waals surface area contributed by atoms with Crippen LogP contribution in [0.1, 0.15) is 143 Å². The first-order valence-corrected chi connectivity index (χ1v) is 44.3. The predicted molar refractivity (Wildman–Crippen MR) is 470 cm³/mol. The van der Waals surface area contributed by atoms with Crippen LogP contribution >= 0.6 is 0 Å². The summed E-state index contributed by atoms with van der Waals surface area (Å²) in [6, 6.07) is 18.3. The smallest absolute Gasteiger partial charge is 0.394 e. The molecule has 8 aromatic rings. The normalized spacial score (nSPS) is 19.0. The van der Waals surface area contributed by atoms with Crippen molar-refractivity contribution in [2.75, 3.05) is 159 Å². The van der Waals surface area contributed by atoms with Crippen molar-refractivity contribution in [3.05, 3.63) is 138 Å². The number of Topliss-reactive ketones (excluding diaryl/α,β-unsaturated/α-hetero) is 4. The third-order valence-corrected chi connectivity index (χ3v) is 24.7. The molecule has 0 unspecified atom stereocenters. The second kappa shape index (κ2) is 40.4. The van der Waals surface area contributed by atoms with Crippen LogP contribution in [0.25, 0.3) is 0 Å². The highest BCUT2D eigenvalue weighted by atomic mass is 19.4. The van der Waals surface area contributed by atoms with Gasteiger partial charge < -0.3 is 59.0 Å². The topological polar surface area (TPSA) is 444 Å². The first kappa shape index (κ1) is 94.7. The zero-order chi connectivity index (χ0) is 95.3. The van der Waals surface area contributed by atoms with Crippen molar-refractivity contribution in [3.8, 4) is 23.1 Å². The summed E-state index contributed by atoms with van der Waals surface area (Å²) >= 11 is 0. The van der Waals surface area contributed by atoms with Crippen molar-refractivity contribution >= 4 is 117 Å². The fourth-order valence-corrected chi connectivity index (χ4v) is 17.5. The number of fused-ring (bicyclic) bond motifs is 18. The van der Waals surface area contributed by atoms with Gasteiger partial charge in [-0.2, -0.15) is 39.5 Å². The molecule has 0 radical (unpaired) electrons. The van der Waals surface area contributed by atoms with Gasteiger partial charge >= 0.3 is 42.7 Å². The van der Waals surface area contributed by atoms with E-state index in [1.165, 1.54) is 51.2 Å². The minimum Gasteiger partial charge on any atom is -0.492 e. The minimum absolute atomic E-state index is 0.0368. The van der Waals surface area contributed by atoms with Gasteiger partial charge in [0.2, 0.25) is 5.88 Å². The summed E-state index contributed by atoms with van der Waals surface area (Å²) < 4.78 is 137. The highest BCUT2D eigenvalue weighted by molar-refractivity contribution is 6.09. The second-order valence-electron chi connectivity index (χ2n) is 34.2. The van der Waals surface area contributed by atoms with Gasteiger partial charge in [0.15, 0.2) is 46.4 Å². The first-order valence-electron chi connectivity index (χ1n) is 44.3. The molecule has 4 saturated heterocycles. The second-order valence-corrected chi connectivity index (χ2v) is 34.2. The van der Waals surface area contributed by atoms with Crippen molar-refractivity contribution < 1.29 is 117 Å². The number of halogens is 9. The van der Waals surface area contributed by atoms with E-state index < -0.39 is 111 Å². The van der Waals surface area contributed by atoms with Gasteiger partial charge in [0.05, 0.1) is 111 Å². The zero-order valence-electron chi connectivity index (χ0n) is 72.8. The number of hydrogen-bond donors (Lipinski definition) is 8. The van der Waals surface area contributed by atoms with Crippen LogP contribution in [0, 0.1) is 17.8 Å². The molecule has 1 aliphatic carbocycles. The van der Waals surface area contributed by atoms with Crippen LogP contribution in [0.3, 0.4) is 0 Å². The van der Waals surface area contributed by atoms with Gasteiger partial charge in [-0.15, -0.1) is 0 Å². The molecular weight excluding hydrogens is 1790 g/mol. The van der Waals surface area contributed by atoms with Crippen molar-refractivity contribution in [3.63, 3.8) is 0 Å². The lowest BCUT2D eigenvalue weighted by Gasteiger charge is -2.35. The van der Waals surface area contributed by atoms with Crippen molar-refractivity contribution in [2.24, 2.45) is 17.8 Å². The molecule has 8 N–H and O–H groups in total. The number of aliphatic hydroxyl groups excluding tert-OH is 4. The highest BCUT2D eigenvalue weighted by Gasteiger charge is 2.48. The van der Waals surface area contributed by atoms with Crippen LogP contribution in [0.15, 0.2) is 104 Å². The number of aromatic nitrogens is 9. The molecule has 8 amide bonds. The van der Waals surface area contributed by atoms with E-state index in [9.17, 15) is 83.0 Å². The van der Waals surface area contributed by atoms with Crippen LogP contribution < -0.4 is 79.4 Å². The number of aryl methyl sites for hydroxylation is 2. The van der Waals surface area contributed by atoms with Gasteiger partial charge in [-0.3, -0.25) is 60.0 Å². The molecule has 11 aliphatic rings. The van der Waals surface area contributed by atoms with E-state index in [0.717, 1.165) is 93.9 Å². The highest BCUT2D eigenvalue weighted by Crippen LogP contribution is 2.46. The molecule has 135 heavy (non-hydrogen) atoms. The number of rotatable bonds is 24. The molecule has 0 aromatic carbocycles. The van der Waals surface area contributed by atoms with E-state index in [1.807, 2.05) is 32.9 Å². The van der Waals surface area contributed by atoms with Gasteiger partial charge in [0, 0.05) is 96.4 Å². The molecule has 37 nitrogen and oxygen atoms in total. The van der Waals surface area contributed by atoms with E-state index in [1.54, 1.807) is 47.6 Å². The Morgan fingerprint density at radius 3 is 1.31 bits per heavy atom. The van der Waals surface area contributed by atoms with Crippen molar-refractivity contribution in [1.82, 2.24) is 44.9 Å². The maximum Gasteiger partial charge on any atom is 0.394 e. The Kier molecular flexibility index (Phi) is 28.3. The van der Waals surface area contributed by atoms with Gasteiger partial charge in [-0.1, -0.05) is 6.92 Å². The van der Waals surface area contributed by atoms with E-state index >= 15 is 0 Å². The average molecular weight is 1890 g/mol. The Bertz CT molecular complexity index is 5790. The van der Waals surface area contributed by atoms with Gasteiger partial charge in [-0.05, 0) is 148 Å². The number of hydrogen-bond acceptors (Lipinski definition) is 29. The summed E-state index contributed by atoms with van der Waals surface area (Å²) in [6.45, 7) is 5.68. The maximum atomic E-state index is 13.4. The Labute approximate surface area is 765 Å². The maximum absolute atomic E-state index is 13.4. The summed E-state index contributed by atoms with van der Waals surface area (Å²) in [5.41, 5.74) is 4.80. The molecule has 1 saturated carbocycles. The van der Waals surface area contributed by atoms with Crippen LogP contribution in [-0.4, -0.2) is 260 Å². The molecule has 5 fully saturated rings. The molecule has 7 atom stereocenters. The number of pyridine rings is 7. The summed E-state index contributed by atoms with van der Waals surface area (Å²) in [6.07, 6.45) is -3.31. The Balaban J connectivity index is 0.000000131. The zero-order valence-corrected chi connectivity index (χ0v) is 72.8. The molecule has 46 heteroatoms. The summed E-state index contributed by atoms with van der Waals surface area (Å²) in [4.78, 5) is 156. The SMILES string of the molecule is C[C@@H](CC(=O)c1ccc2c(n1)N(C(=O)Nc1cc(OC[C@@H](O)CO)ncn1)[C@H]1CCN2C1)C(F)(F)F.O=C(CC1CC1)c1ccc2c(n1)N(C(=O)Nc1cc3c(cn1)OCCC3)[C@H]1CCN2C1.O=C(CCC(F)(F)F)c1ccc2c(n1)N(C(=O)Nc1cc(OCCO)ccn1)[C@H]1CCN2C1.O=C(C[C@H](CO)C(F)(F)F)c1ccc2c(n1)N(C(=O)Nc1cc3c(cn1)OCCC3)[C@H]1CCN2C1. The van der Waals surface area contributed by atoms with Gasteiger partial charge in [0.1, 0.15) is 88.9 Å². The number of ketones is 4. The number of ether oxygens (including phenoxy) is 4. The molecule has 10 aliphatic heterocycles. The van der Waals surface area contributed by atoms with Crippen LogP contribution in [-0.2, 0) is 12.8 Å². The number of alkyl halides is 9. The molecular formula is C89H96F9N21O16. The lowest BCUT2D eigenvalue weighted by molar-refractivity contribution is -0.182. The van der Waals surface area contributed by atoms with E-state index in [2.05, 4.69) is 71.0 Å².